The molecule has 1 heterocycles. The van der Waals surface area contributed by atoms with Crippen molar-refractivity contribution in [1.82, 2.24) is 10.2 Å². The molecule has 96 valence electrons. The molecule has 0 saturated carbocycles. The Morgan fingerprint density at radius 3 is 2.94 bits per heavy atom. The van der Waals surface area contributed by atoms with Gasteiger partial charge in [0.25, 0.3) is 0 Å². The summed E-state index contributed by atoms with van der Waals surface area (Å²) in [6.07, 6.45) is 0. The Morgan fingerprint density at radius 2 is 2.22 bits per heavy atom. The van der Waals surface area contributed by atoms with Gasteiger partial charge in [-0.05, 0) is 25.1 Å². The molecule has 0 spiro atoms. The van der Waals surface area contributed by atoms with Crippen LogP contribution in [0.1, 0.15) is 12.5 Å². The van der Waals surface area contributed by atoms with Crippen LogP contribution in [0.25, 0.3) is 0 Å². The van der Waals surface area contributed by atoms with Gasteiger partial charge >= 0.3 is 0 Å². The number of hydrogen-bond donors (Lipinski definition) is 1. The molecule has 6 heteroatoms. The molecule has 4 nitrogen and oxygen atoms in total. The number of carbonyl (C=O) groups is 2. The van der Waals surface area contributed by atoms with E-state index in [9.17, 15) is 14.0 Å². The van der Waals surface area contributed by atoms with Crippen LogP contribution >= 0.6 is 15.9 Å². The summed E-state index contributed by atoms with van der Waals surface area (Å²) < 4.78 is 14.3. The predicted molar refractivity (Wildman–Crippen MR) is 67.1 cm³/mol. The first-order valence-corrected chi connectivity index (χ1v) is 6.29. The van der Waals surface area contributed by atoms with Crippen LogP contribution < -0.4 is 5.32 Å². The Hall–Kier alpha value is -1.43. The summed E-state index contributed by atoms with van der Waals surface area (Å²) in [6.45, 7) is 1.68. The van der Waals surface area contributed by atoms with Crippen LogP contribution in [0.5, 0.6) is 0 Å². The van der Waals surface area contributed by atoms with Crippen molar-refractivity contribution in [1.29, 1.82) is 0 Å². The molecular weight excluding hydrogens is 303 g/mol. The lowest BCUT2D eigenvalue weighted by Crippen LogP contribution is -2.56. The second-order valence-corrected chi connectivity index (χ2v) is 5.13. The molecule has 2 amide bonds. The maximum absolute atomic E-state index is 13.6. The molecule has 1 saturated heterocycles. The molecule has 0 aromatic heterocycles. The summed E-state index contributed by atoms with van der Waals surface area (Å²) in [4.78, 5) is 24.6. The molecule has 1 aliphatic heterocycles. The van der Waals surface area contributed by atoms with E-state index in [0.717, 1.165) is 4.47 Å². The van der Waals surface area contributed by atoms with Crippen molar-refractivity contribution in [2.24, 2.45) is 0 Å². The highest BCUT2D eigenvalue weighted by atomic mass is 79.9. The zero-order valence-electron chi connectivity index (χ0n) is 9.74. The van der Waals surface area contributed by atoms with Crippen molar-refractivity contribution in [2.45, 2.75) is 19.5 Å². The third kappa shape index (κ3) is 2.69. The van der Waals surface area contributed by atoms with Gasteiger partial charge in [0.1, 0.15) is 11.9 Å². The van der Waals surface area contributed by atoms with Crippen molar-refractivity contribution >= 4 is 27.7 Å². The van der Waals surface area contributed by atoms with Gasteiger partial charge in [-0.3, -0.25) is 9.59 Å². The molecule has 1 aromatic rings. The van der Waals surface area contributed by atoms with E-state index in [-0.39, 0.29) is 30.7 Å². The van der Waals surface area contributed by atoms with Crippen molar-refractivity contribution in [2.75, 3.05) is 6.54 Å². The van der Waals surface area contributed by atoms with Crippen molar-refractivity contribution in [3.63, 3.8) is 0 Å². The number of carbonyl (C=O) groups excluding carboxylic acids is 2. The maximum Gasteiger partial charge on any atom is 0.245 e. The molecule has 18 heavy (non-hydrogen) atoms. The average molecular weight is 315 g/mol. The largest absolute Gasteiger partial charge is 0.343 e. The number of hydrogen-bond acceptors (Lipinski definition) is 2. The average Bonchev–Trinajstić information content (AvgIpc) is 2.30. The zero-order chi connectivity index (χ0) is 13.3. The van der Waals surface area contributed by atoms with Crippen molar-refractivity contribution < 1.29 is 14.0 Å². The van der Waals surface area contributed by atoms with Crippen LogP contribution in [0.15, 0.2) is 22.7 Å². The lowest BCUT2D eigenvalue weighted by molar-refractivity contribution is -0.144. The Morgan fingerprint density at radius 1 is 1.50 bits per heavy atom. The topological polar surface area (TPSA) is 49.4 Å². The van der Waals surface area contributed by atoms with E-state index in [2.05, 4.69) is 21.2 Å². The molecule has 1 aromatic carbocycles. The number of rotatable bonds is 2. The van der Waals surface area contributed by atoms with Gasteiger partial charge in [-0.25, -0.2) is 4.39 Å². The minimum Gasteiger partial charge on any atom is -0.343 e. The fraction of sp³-hybridized carbons (Fsp3) is 0.333. The van der Waals surface area contributed by atoms with E-state index in [0.29, 0.717) is 5.56 Å². The summed E-state index contributed by atoms with van der Waals surface area (Å²) in [7, 11) is 0. The van der Waals surface area contributed by atoms with Crippen LogP contribution in [-0.4, -0.2) is 29.3 Å². The lowest BCUT2D eigenvalue weighted by atomic mass is 10.1. The number of nitrogens with one attached hydrogen (secondary N) is 1. The van der Waals surface area contributed by atoms with Crippen molar-refractivity contribution in [3.05, 3.63) is 34.1 Å². The van der Waals surface area contributed by atoms with Crippen LogP contribution in [0.3, 0.4) is 0 Å². The number of nitrogens with zero attached hydrogens (tertiary/aromatic N) is 1. The van der Waals surface area contributed by atoms with Gasteiger partial charge in [-0.15, -0.1) is 0 Å². The minimum absolute atomic E-state index is 0.0326. The fourth-order valence-corrected chi connectivity index (χ4v) is 2.29. The van der Waals surface area contributed by atoms with E-state index < -0.39 is 6.04 Å². The number of amides is 2. The Bertz CT molecular complexity index is 507. The lowest BCUT2D eigenvalue weighted by Gasteiger charge is -2.30. The van der Waals surface area contributed by atoms with Gasteiger partial charge in [0.2, 0.25) is 11.8 Å². The number of piperazine rings is 1. The Labute approximate surface area is 112 Å². The SMILES string of the molecule is CC1NC(=O)CN(Cc2cc(Br)ccc2F)C1=O. The standard InChI is InChI=1S/C12H12BrFN2O2/c1-7-12(18)16(6-11(17)15-7)5-8-4-9(13)2-3-10(8)14/h2-4,7H,5-6H2,1H3,(H,15,17). The van der Waals surface area contributed by atoms with E-state index in [1.807, 2.05) is 0 Å². The highest BCUT2D eigenvalue weighted by Crippen LogP contribution is 2.18. The first-order valence-electron chi connectivity index (χ1n) is 5.49. The molecule has 0 radical (unpaired) electrons. The van der Waals surface area contributed by atoms with Crippen LogP contribution in [-0.2, 0) is 16.1 Å². The third-order valence-corrected chi connectivity index (χ3v) is 3.26. The van der Waals surface area contributed by atoms with E-state index in [4.69, 9.17) is 0 Å². The monoisotopic (exact) mass is 314 g/mol. The number of halogens is 2. The smallest absolute Gasteiger partial charge is 0.245 e. The highest BCUT2D eigenvalue weighted by Gasteiger charge is 2.29. The molecular formula is C12H12BrFN2O2. The normalized spacial score (nSPS) is 19.9. The fourth-order valence-electron chi connectivity index (χ4n) is 1.88. The van der Waals surface area contributed by atoms with Gasteiger partial charge in [-0.1, -0.05) is 15.9 Å². The second-order valence-electron chi connectivity index (χ2n) is 4.22. The van der Waals surface area contributed by atoms with E-state index >= 15 is 0 Å². The molecule has 0 bridgehead atoms. The van der Waals surface area contributed by atoms with Gasteiger partial charge < -0.3 is 10.2 Å². The first kappa shape index (κ1) is 13.0. The zero-order valence-corrected chi connectivity index (χ0v) is 11.3. The molecule has 1 N–H and O–H groups in total. The van der Waals surface area contributed by atoms with Gasteiger partial charge in [0, 0.05) is 16.6 Å². The predicted octanol–water partition coefficient (Wildman–Crippen LogP) is 1.44. The van der Waals surface area contributed by atoms with Crippen LogP contribution in [0.2, 0.25) is 0 Å². The second kappa shape index (κ2) is 5.06. The first-order chi connectivity index (χ1) is 8.47. The van der Waals surface area contributed by atoms with Crippen LogP contribution in [0.4, 0.5) is 4.39 Å². The van der Waals surface area contributed by atoms with Gasteiger partial charge in [0.15, 0.2) is 0 Å². The number of benzene rings is 1. The molecule has 1 aliphatic rings. The summed E-state index contributed by atoms with van der Waals surface area (Å²) >= 11 is 3.25. The van der Waals surface area contributed by atoms with Gasteiger partial charge in [-0.2, -0.15) is 0 Å². The molecule has 1 atom stereocenters. The summed E-state index contributed by atoms with van der Waals surface area (Å²) in [5, 5.41) is 2.54. The Balaban J connectivity index is 2.19. The summed E-state index contributed by atoms with van der Waals surface area (Å²) in [5.74, 6) is -0.809. The quantitative estimate of drug-likeness (QED) is 0.898. The van der Waals surface area contributed by atoms with E-state index in [1.165, 1.54) is 11.0 Å². The third-order valence-electron chi connectivity index (χ3n) is 2.76. The summed E-state index contributed by atoms with van der Waals surface area (Å²) in [6, 6.07) is 3.98. The highest BCUT2D eigenvalue weighted by molar-refractivity contribution is 9.10. The van der Waals surface area contributed by atoms with E-state index in [1.54, 1.807) is 19.1 Å². The van der Waals surface area contributed by atoms with Gasteiger partial charge in [0.05, 0.1) is 6.54 Å². The molecule has 0 aliphatic carbocycles. The molecule has 1 fully saturated rings. The van der Waals surface area contributed by atoms with Crippen LogP contribution in [0, 0.1) is 5.82 Å². The minimum atomic E-state index is -0.554. The maximum atomic E-state index is 13.6. The molecule has 1 unspecified atom stereocenters. The van der Waals surface area contributed by atoms with Crippen molar-refractivity contribution in [3.8, 4) is 0 Å². The Kier molecular flexibility index (Phi) is 3.65. The molecule has 2 rings (SSSR count). The summed E-state index contributed by atoms with van der Waals surface area (Å²) in [5.41, 5.74) is 0.389.